The molecule has 6 heteroatoms. The molecule has 76 valence electrons. The molecule has 1 aromatic rings. The van der Waals surface area contributed by atoms with Gasteiger partial charge in [-0.2, -0.15) is 0 Å². The number of methoxy groups -OCH3 is 1. The molecule has 1 heterocycles. The number of ether oxygens (including phenoxy) is 1. The molecular weight excluding hydrogens is 186 g/mol. The van der Waals surface area contributed by atoms with E-state index in [2.05, 4.69) is 4.98 Å². The third-order valence-corrected chi connectivity index (χ3v) is 1.76. The molecule has 0 bridgehead atoms. The van der Waals surface area contributed by atoms with Crippen molar-refractivity contribution in [1.82, 2.24) is 4.98 Å². The van der Waals surface area contributed by atoms with Gasteiger partial charge < -0.3 is 10.5 Å². The van der Waals surface area contributed by atoms with E-state index in [1.165, 1.54) is 13.2 Å². The van der Waals surface area contributed by atoms with E-state index in [0.717, 1.165) is 6.20 Å². The Labute approximate surface area is 80.9 Å². The topological polar surface area (TPSA) is 91.3 Å². The van der Waals surface area contributed by atoms with Gasteiger partial charge in [0.25, 0.3) is 5.69 Å². The molecule has 0 aromatic carbocycles. The van der Waals surface area contributed by atoms with Crippen LogP contribution in [-0.4, -0.2) is 17.0 Å². The summed E-state index contributed by atoms with van der Waals surface area (Å²) in [5, 5.41) is 10.5. The van der Waals surface area contributed by atoms with Crippen LogP contribution in [0.3, 0.4) is 0 Å². The van der Waals surface area contributed by atoms with E-state index in [4.69, 9.17) is 10.5 Å². The van der Waals surface area contributed by atoms with Crippen molar-refractivity contribution < 1.29 is 9.66 Å². The second kappa shape index (κ2) is 4.01. The Kier molecular flexibility index (Phi) is 2.98. The molecule has 0 aliphatic carbocycles. The molecule has 0 fully saturated rings. The highest BCUT2D eigenvalue weighted by molar-refractivity contribution is 5.39. The predicted octanol–water partition coefficient (Wildman–Crippen LogP) is 1.02. The molecule has 1 atom stereocenters. The van der Waals surface area contributed by atoms with Crippen LogP contribution in [0, 0.1) is 10.1 Å². The Balaban J connectivity index is 3.20. The number of pyridine rings is 1. The van der Waals surface area contributed by atoms with Crippen LogP contribution in [0.5, 0.6) is 5.88 Å². The summed E-state index contributed by atoms with van der Waals surface area (Å²) in [7, 11) is 1.44. The average Bonchev–Trinajstić information content (AvgIpc) is 2.16. The zero-order valence-corrected chi connectivity index (χ0v) is 7.93. The van der Waals surface area contributed by atoms with E-state index in [-0.39, 0.29) is 11.7 Å². The zero-order valence-electron chi connectivity index (χ0n) is 7.93. The Morgan fingerprint density at radius 3 is 2.79 bits per heavy atom. The first-order valence-electron chi connectivity index (χ1n) is 4.00. The summed E-state index contributed by atoms with van der Waals surface area (Å²) >= 11 is 0. The highest BCUT2D eigenvalue weighted by atomic mass is 16.6. The number of nitrogens with zero attached hydrogens (tertiary/aromatic N) is 2. The van der Waals surface area contributed by atoms with Gasteiger partial charge in [-0.15, -0.1) is 0 Å². The van der Waals surface area contributed by atoms with Crippen molar-refractivity contribution in [2.75, 3.05) is 7.11 Å². The quantitative estimate of drug-likeness (QED) is 0.576. The summed E-state index contributed by atoms with van der Waals surface area (Å²) in [4.78, 5) is 13.7. The number of hydrogen-bond acceptors (Lipinski definition) is 5. The molecule has 0 saturated heterocycles. The molecule has 0 radical (unpaired) electrons. The van der Waals surface area contributed by atoms with E-state index in [9.17, 15) is 10.1 Å². The highest BCUT2D eigenvalue weighted by Gasteiger charge is 2.15. The lowest BCUT2D eigenvalue weighted by molar-refractivity contribution is -0.385. The molecule has 0 saturated carbocycles. The maximum atomic E-state index is 10.5. The van der Waals surface area contributed by atoms with E-state index < -0.39 is 4.92 Å². The third kappa shape index (κ3) is 1.97. The second-order valence-corrected chi connectivity index (χ2v) is 2.84. The van der Waals surface area contributed by atoms with E-state index in [0.29, 0.717) is 11.4 Å². The highest BCUT2D eigenvalue weighted by Crippen LogP contribution is 2.24. The molecule has 1 rings (SSSR count). The first-order chi connectivity index (χ1) is 6.56. The minimum Gasteiger partial charge on any atom is -0.481 e. The maximum Gasteiger partial charge on any atom is 0.288 e. The lowest BCUT2D eigenvalue weighted by Gasteiger charge is -2.09. The van der Waals surface area contributed by atoms with Crippen LogP contribution in [-0.2, 0) is 0 Å². The van der Waals surface area contributed by atoms with Crippen molar-refractivity contribution in [2.45, 2.75) is 13.0 Å². The lowest BCUT2D eigenvalue weighted by atomic mass is 10.1. The Morgan fingerprint density at radius 1 is 1.71 bits per heavy atom. The van der Waals surface area contributed by atoms with Crippen LogP contribution in [0.2, 0.25) is 0 Å². The van der Waals surface area contributed by atoms with Gasteiger partial charge in [0, 0.05) is 17.7 Å². The fraction of sp³-hybridized carbons (Fsp3) is 0.375. The van der Waals surface area contributed by atoms with Gasteiger partial charge in [0.15, 0.2) is 0 Å². The molecule has 0 aliphatic rings. The third-order valence-electron chi connectivity index (χ3n) is 1.76. The molecule has 0 amide bonds. The van der Waals surface area contributed by atoms with Crippen molar-refractivity contribution >= 4 is 5.69 Å². The van der Waals surface area contributed by atoms with E-state index in [1.807, 2.05) is 0 Å². The molecule has 14 heavy (non-hydrogen) atoms. The van der Waals surface area contributed by atoms with Crippen molar-refractivity contribution in [3.05, 3.63) is 27.9 Å². The standard InChI is InChI=1S/C8H11N3O3/c1-5(9)7-3-6(11(12)13)4-10-8(7)14-2/h3-5H,9H2,1-2H3/t5-/m1/s1. The number of nitrogens with two attached hydrogens (primary N) is 1. The van der Waals surface area contributed by atoms with Crippen molar-refractivity contribution in [3.63, 3.8) is 0 Å². The fourth-order valence-electron chi connectivity index (χ4n) is 1.05. The summed E-state index contributed by atoms with van der Waals surface area (Å²) < 4.78 is 4.93. The largest absolute Gasteiger partial charge is 0.481 e. The van der Waals surface area contributed by atoms with Gasteiger partial charge in [-0.3, -0.25) is 10.1 Å². The van der Waals surface area contributed by atoms with Crippen molar-refractivity contribution in [2.24, 2.45) is 5.73 Å². The SMILES string of the molecule is COc1ncc([N+](=O)[O-])cc1[C@@H](C)N. The number of rotatable bonds is 3. The summed E-state index contributed by atoms with van der Waals surface area (Å²) in [5.41, 5.74) is 6.06. The summed E-state index contributed by atoms with van der Waals surface area (Å²) in [6.07, 6.45) is 1.14. The smallest absolute Gasteiger partial charge is 0.288 e. The van der Waals surface area contributed by atoms with E-state index >= 15 is 0 Å². The number of aromatic nitrogens is 1. The van der Waals surface area contributed by atoms with Gasteiger partial charge in [-0.1, -0.05) is 0 Å². The van der Waals surface area contributed by atoms with Gasteiger partial charge in [0.1, 0.15) is 6.20 Å². The van der Waals surface area contributed by atoms with Crippen LogP contribution in [0.25, 0.3) is 0 Å². The van der Waals surface area contributed by atoms with Crippen LogP contribution in [0.4, 0.5) is 5.69 Å². The Hall–Kier alpha value is -1.69. The summed E-state index contributed by atoms with van der Waals surface area (Å²) in [6, 6.07) is 1.02. The van der Waals surface area contributed by atoms with Gasteiger partial charge in [-0.05, 0) is 6.92 Å². The summed E-state index contributed by atoms with van der Waals surface area (Å²) in [6.45, 7) is 1.71. The molecule has 6 nitrogen and oxygen atoms in total. The molecule has 2 N–H and O–H groups in total. The Bertz CT molecular complexity index is 352. The molecule has 0 aliphatic heterocycles. The minimum absolute atomic E-state index is 0.0851. The zero-order chi connectivity index (χ0) is 10.7. The van der Waals surface area contributed by atoms with E-state index in [1.54, 1.807) is 6.92 Å². The molecule has 0 spiro atoms. The van der Waals surface area contributed by atoms with Crippen molar-refractivity contribution in [1.29, 1.82) is 0 Å². The maximum absolute atomic E-state index is 10.5. The second-order valence-electron chi connectivity index (χ2n) is 2.84. The predicted molar refractivity (Wildman–Crippen MR) is 50.0 cm³/mol. The van der Waals surface area contributed by atoms with Crippen LogP contribution in [0.15, 0.2) is 12.3 Å². The average molecular weight is 197 g/mol. The van der Waals surface area contributed by atoms with Gasteiger partial charge >= 0.3 is 0 Å². The molecule has 0 unspecified atom stereocenters. The number of hydrogen-bond donors (Lipinski definition) is 1. The summed E-state index contributed by atoms with van der Waals surface area (Å²) in [5.74, 6) is 0.325. The first kappa shape index (κ1) is 10.4. The van der Waals surface area contributed by atoms with Crippen LogP contribution >= 0.6 is 0 Å². The Morgan fingerprint density at radius 2 is 2.36 bits per heavy atom. The van der Waals surface area contributed by atoms with Gasteiger partial charge in [-0.25, -0.2) is 4.98 Å². The lowest BCUT2D eigenvalue weighted by Crippen LogP contribution is -2.08. The first-order valence-corrected chi connectivity index (χ1v) is 4.00. The monoisotopic (exact) mass is 197 g/mol. The molecule has 1 aromatic heterocycles. The number of nitro groups is 1. The van der Waals surface area contributed by atoms with Crippen LogP contribution in [0.1, 0.15) is 18.5 Å². The van der Waals surface area contributed by atoms with Crippen LogP contribution < -0.4 is 10.5 Å². The fourth-order valence-corrected chi connectivity index (χ4v) is 1.05. The van der Waals surface area contributed by atoms with Crippen molar-refractivity contribution in [3.8, 4) is 5.88 Å². The van der Waals surface area contributed by atoms with Gasteiger partial charge in [0.05, 0.1) is 12.0 Å². The molecular formula is C8H11N3O3. The normalized spacial score (nSPS) is 12.2. The van der Waals surface area contributed by atoms with Gasteiger partial charge in [0.2, 0.25) is 5.88 Å². The minimum atomic E-state index is -0.516.